The first-order valence-electron chi connectivity index (χ1n) is 6.89. The van der Waals surface area contributed by atoms with Crippen LogP contribution in [-0.2, 0) is 23.9 Å². The number of carbonyl (C=O) groups excluding carboxylic acids is 1. The molecule has 0 spiro atoms. The molecule has 15 heteroatoms. The lowest BCUT2D eigenvalue weighted by Crippen LogP contribution is -2.54. The molecule has 0 fully saturated rings. The topological polar surface area (TPSA) is 280 Å². The van der Waals surface area contributed by atoms with Gasteiger partial charge in [-0.15, -0.1) is 0 Å². The van der Waals surface area contributed by atoms with E-state index in [2.05, 4.69) is 4.74 Å². The van der Waals surface area contributed by atoms with Crippen LogP contribution < -0.4 is 0 Å². The molecule has 0 aliphatic carbocycles. The highest BCUT2D eigenvalue weighted by atomic mass is 16.6. The number of rotatable bonds is 11. The summed E-state index contributed by atoms with van der Waals surface area (Å²) in [6.45, 7) is 0. The van der Waals surface area contributed by atoms with E-state index in [1.54, 1.807) is 0 Å². The lowest BCUT2D eigenvalue weighted by Gasteiger charge is -2.27. The van der Waals surface area contributed by atoms with E-state index in [1.165, 1.54) is 0 Å². The molecule has 0 unspecified atom stereocenters. The summed E-state index contributed by atoms with van der Waals surface area (Å²) in [5.74, 6) is -8.31. The van der Waals surface area contributed by atoms with E-state index in [0.29, 0.717) is 0 Å². The van der Waals surface area contributed by atoms with Gasteiger partial charge in [0, 0.05) is 0 Å². The first-order valence-corrected chi connectivity index (χ1v) is 6.89. The summed E-state index contributed by atoms with van der Waals surface area (Å²) in [7, 11) is 0. The molecule has 0 saturated carbocycles. The van der Waals surface area contributed by atoms with Crippen molar-refractivity contribution in [3.8, 4) is 0 Å². The van der Waals surface area contributed by atoms with Crippen LogP contribution in [0.4, 0.5) is 0 Å². The predicted molar refractivity (Wildman–Crippen MR) is 74.8 cm³/mol. The Hall–Kier alpha value is -2.40. The number of hydrogen-bond acceptors (Lipinski definition) is 12. The summed E-state index contributed by atoms with van der Waals surface area (Å²) in [5.41, 5.74) is 0. The number of aliphatic carboxylic acids is 3. The van der Waals surface area contributed by atoms with Crippen molar-refractivity contribution in [3.63, 3.8) is 0 Å². The van der Waals surface area contributed by atoms with Crippen LogP contribution in [0.15, 0.2) is 0 Å². The van der Waals surface area contributed by atoms with Crippen LogP contribution >= 0.6 is 0 Å². The summed E-state index contributed by atoms with van der Waals surface area (Å²) < 4.78 is 4.10. The van der Waals surface area contributed by atoms with Gasteiger partial charge in [-0.1, -0.05) is 0 Å². The van der Waals surface area contributed by atoms with Gasteiger partial charge in [0.2, 0.25) is 6.10 Å². The predicted octanol–water partition coefficient (Wildman–Crippen LogP) is -6.32. The molecule has 15 nitrogen and oxygen atoms in total. The molecule has 0 aliphatic heterocycles. The van der Waals surface area contributed by atoms with Gasteiger partial charge in [-0.05, 0) is 0 Å². The second kappa shape index (κ2) is 10.1. The molecule has 0 amide bonds. The minimum atomic E-state index is -2.82. The fourth-order valence-corrected chi connectivity index (χ4v) is 1.63. The molecule has 0 aromatic rings. The number of aliphatic hydroxyl groups excluding tert-OH is 7. The maximum atomic E-state index is 11.6. The highest BCUT2D eigenvalue weighted by Crippen LogP contribution is 2.13. The van der Waals surface area contributed by atoms with Gasteiger partial charge in [0.1, 0.15) is 24.4 Å². The van der Waals surface area contributed by atoms with Gasteiger partial charge in [-0.3, -0.25) is 0 Å². The zero-order valence-electron chi connectivity index (χ0n) is 13.1. The van der Waals surface area contributed by atoms with Crippen molar-refractivity contribution < 1.29 is 75.0 Å². The number of carboxylic acid groups (broad SMARTS) is 3. The van der Waals surface area contributed by atoms with Crippen LogP contribution in [0.25, 0.3) is 0 Å². The second-order valence-electron chi connectivity index (χ2n) is 5.17. The molecule has 156 valence electrons. The fourth-order valence-electron chi connectivity index (χ4n) is 1.63. The molecule has 8 atom stereocenters. The summed E-state index contributed by atoms with van der Waals surface area (Å²) >= 11 is 0. The zero-order valence-corrected chi connectivity index (χ0v) is 13.1. The summed E-state index contributed by atoms with van der Waals surface area (Å²) in [4.78, 5) is 43.6. The van der Waals surface area contributed by atoms with E-state index in [9.17, 15) is 44.7 Å². The smallest absolute Gasteiger partial charge is 0.347 e. The number of esters is 1. The van der Waals surface area contributed by atoms with Gasteiger partial charge in [-0.2, -0.15) is 0 Å². The molecule has 0 rings (SSSR count). The average molecular weight is 402 g/mol. The molecule has 10 N–H and O–H groups in total. The van der Waals surface area contributed by atoms with Crippen molar-refractivity contribution >= 4 is 23.9 Å². The van der Waals surface area contributed by atoms with Gasteiger partial charge < -0.3 is 55.8 Å². The standard InChI is InChI=1S/C12H18O15/c13-1(5(17)9(20)21)2(14)7(19)12(26)27-8(11(24)25)4(16)3(15)6(18)10(22)23/h1-8,13-19H,(H,20,21)(H,22,23)(H,24,25)/t1-,2+,3+,4+,5+,6+,7-,8-/m1/s1. The van der Waals surface area contributed by atoms with Crippen molar-refractivity contribution in [1.82, 2.24) is 0 Å². The Bertz CT molecular complexity index is 561. The Morgan fingerprint density at radius 3 is 1.19 bits per heavy atom. The second-order valence-corrected chi connectivity index (χ2v) is 5.17. The monoisotopic (exact) mass is 402 g/mol. The first-order chi connectivity index (χ1) is 12.2. The number of aliphatic hydroxyl groups is 7. The first kappa shape index (κ1) is 24.6. The minimum Gasteiger partial charge on any atom is -0.479 e. The van der Waals surface area contributed by atoms with E-state index >= 15 is 0 Å². The minimum absolute atomic E-state index is 2.04. The summed E-state index contributed by atoms with van der Waals surface area (Å²) in [6.07, 6.45) is -21.5. The largest absolute Gasteiger partial charge is 0.479 e. The van der Waals surface area contributed by atoms with E-state index in [4.69, 9.17) is 25.5 Å². The third kappa shape index (κ3) is 6.36. The van der Waals surface area contributed by atoms with Crippen molar-refractivity contribution in [2.45, 2.75) is 48.8 Å². The SMILES string of the molecule is O=C(O)[C@@H](O)[C@H](O)[C@H](O)[C@@H](O)C(=O)O[C@@H](C(=O)O)[C@@H](O)[C@H](O)[C@H](O)C(=O)O. The quantitative estimate of drug-likeness (QED) is 0.144. The third-order valence-corrected chi connectivity index (χ3v) is 3.21. The third-order valence-electron chi connectivity index (χ3n) is 3.21. The zero-order chi connectivity index (χ0) is 21.6. The van der Waals surface area contributed by atoms with Crippen molar-refractivity contribution in [1.29, 1.82) is 0 Å². The molecular weight excluding hydrogens is 384 g/mol. The van der Waals surface area contributed by atoms with Crippen LogP contribution in [0.1, 0.15) is 0 Å². The van der Waals surface area contributed by atoms with E-state index in [1.807, 2.05) is 0 Å². The fraction of sp³-hybridized carbons (Fsp3) is 0.667. The highest BCUT2D eigenvalue weighted by molar-refractivity contribution is 5.81. The van der Waals surface area contributed by atoms with E-state index in [0.717, 1.165) is 0 Å². The Morgan fingerprint density at radius 1 is 0.519 bits per heavy atom. The van der Waals surface area contributed by atoms with Crippen molar-refractivity contribution in [2.24, 2.45) is 0 Å². The lowest BCUT2D eigenvalue weighted by atomic mass is 10.0. The highest BCUT2D eigenvalue weighted by Gasteiger charge is 2.44. The molecule has 0 saturated heterocycles. The molecular formula is C12H18O15. The molecule has 0 aromatic heterocycles. The Labute approximate surface area is 148 Å². The van der Waals surface area contributed by atoms with Crippen molar-refractivity contribution in [2.75, 3.05) is 0 Å². The number of ether oxygens (including phenoxy) is 1. The molecule has 0 aliphatic rings. The summed E-state index contributed by atoms with van der Waals surface area (Å²) in [5, 5.41) is 91.0. The normalized spacial score (nSPS) is 20.3. The maximum absolute atomic E-state index is 11.6. The van der Waals surface area contributed by atoms with Crippen LogP contribution in [-0.4, -0.2) is 124 Å². The summed E-state index contributed by atoms with van der Waals surface area (Å²) in [6, 6.07) is 0. The van der Waals surface area contributed by atoms with Crippen molar-refractivity contribution in [3.05, 3.63) is 0 Å². The molecule has 27 heavy (non-hydrogen) atoms. The number of carbonyl (C=O) groups is 4. The number of carboxylic acids is 3. The van der Waals surface area contributed by atoms with Crippen LogP contribution in [0, 0.1) is 0 Å². The molecule has 0 bridgehead atoms. The Morgan fingerprint density at radius 2 is 0.852 bits per heavy atom. The van der Waals surface area contributed by atoms with E-state index in [-0.39, 0.29) is 0 Å². The maximum Gasteiger partial charge on any atom is 0.347 e. The molecule has 0 aromatic carbocycles. The van der Waals surface area contributed by atoms with Gasteiger partial charge in [0.25, 0.3) is 0 Å². The van der Waals surface area contributed by atoms with Crippen LogP contribution in [0.5, 0.6) is 0 Å². The van der Waals surface area contributed by atoms with Gasteiger partial charge in [-0.25, -0.2) is 19.2 Å². The molecule has 0 heterocycles. The lowest BCUT2D eigenvalue weighted by molar-refractivity contribution is -0.196. The van der Waals surface area contributed by atoms with E-state index < -0.39 is 72.7 Å². The number of hydrogen-bond donors (Lipinski definition) is 10. The van der Waals surface area contributed by atoms with Crippen LogP contribution in [0.3, 0.4) is 0 Å². The van der Waals surface area contributed by atoms with Gasteiger partial charge in [0.15, 0.2) is 18.3 Å². The molecule has 0 radical (unpaired) electrons. The Kier molecular flexibility index (Phi) is 9.17. The average Bonchev–Trinajstić information content (AvgIpc) is 2.60. The Balaban J connectivity index is 5.25. The van der Waals surface area contributed by atoms with Gasteiger partial charge >= 0.3 is 23.9 Å². The van der Waals surface area contributed by atoms with Gasteiger partial charge in [0.05, 0.1) is 0 Å². The van der Waals surface area contributed by atoms with Crippen LogP contribution in [0.2, 0.25) is 0 Å².